The summed E-state index contributed by atoms with van der Waals surface area (Å²) in [7, 11) is 1.65. The average molecular weight is 296 g/mol. The standard InChI is InChI=1S/C14H20N2O3S/c1-4-12(13(17)18)15-14(19)16(2)9-10-6-5-7-11(8-10)20-3/h5-8,12H,4,9H2,1-3H3,(H,15,19)(H,17,18)/t12-/m0/s1. The van der Waals surface area contributed by atoms with E-state index in [1.165, 1.54) is 4.90 Å². The highest BCUT2D eigenvalue weighted by molar-refractivity contribution is 7.98. The number of rotatable bonds is 6. The Kier molecular flexibility index (Phi) is 6.38. The van der Waals surface area contributed by atoms with Crippen molar-refractivity contribution < 1.29 is 14.7 Å². The fourth-order valence-electron chi connectivity index (χ4n) is 1.71. The van der Waals surface area contributed by atoms with Gasteiger partial charge in [0.05, 0.1) is 0 Å². The average Bonchev–Trinajstić information content (AvgIpc) is 2.44. The zero-order valence-electron chi connectivity index (χ0n) is 11.9. The molecule has 20 heavy (non-hydrogen) atoms. The highest BCUT2D eigenvalue weighted by Gasteiger charge is 2.19. The molecule has 6 heteroatoms. The van der Waals surface area contributed by atoms with Gasteiger partial charge in [0.2, 0.25) is 0 Å². The van der Waals surface area contributed by atoms with Crippen LogP contribution in [-0.4, -0.2) is 41.4 Å². The Labute approximate surface area is 123 Å². The number of urea groups is 1. The lowest BCUT2D eigenvalue weighted by molar-refractivity contribution is -0.139. The molecule has 0 saturated heterocycles. The summed E-state index contributed by atoms with van der Waals surface area (Å²) in [6.07, 6.45) is 2.35. The Bertz CT molecular complexity index is 479. The Morgan fingerprint density at radius 2 is 2.15 bits per heavy atom. The summed E-state index contributed by atoms with van der Waals surface area (Å²) in [4.78, 5) is 25.4. The van der Waals surface area contributed by atoms with Crippen LogP contribution >= 0.6 is 11.8 Å². The van der Waals surface area contributed by atoms with Crippen LogP contribution in [-0.2, 0) is 11.3 Å². The van der Waals surface area contributed by atoms with Gasteiger partial charge < -0.3 is 15.3 Å². The molecule has 0 fully saturated rings. The normalized spacial score (nSPS) is 11.8. The van der Waals surface area contributed by atoms with Crippen LogP contribution in [0, 0.1) is 0 Å². The lowest BCUT2D eigenvalue weighted by atomic mass is 10.2. The van der Waals surface area contributed by atoms with Crippen molar-refractivity contribution in [2.75, 3.05) is 13.3 Å². The molecule has 0 spiro atoms. The minimum Gasteiger partial charge on any atom is -0.480 e. The number of amides is 2. The Balaban J connectivity index is 2.63. The van der Waals surface area contributed by atoms with Crippen molar-refractivity contribution in [2.45, 2.75) is 30.8 Å². The number of carbonyl (C=O) groups excluding carboxylic acids is 1. The summed E-state index contributed by atoms with van der Waals surface area (Å²) in [6.45, 7) is 2.16. The molecule has 1 aromatic rings. The van der Waals surface area contributed by atoms with E-state index < -0.39 is 12.0 Å². The number of benzene rings is 1. The highest BCUT2D eigenvalue weighted by Crippen LogP contribution is 2.16. The minimum absolute atomic E-state index is 0.358. The maximum atomic E-state index is 11.9. The number of carboxylic acid groups (broad SMARTS) is 1. The minimum atomic E-state index is -1.02. The number of hydrogen-bond acceptors (Lipinski definition) is 3. The molecule has 110 valence electrons. The van der Waals surface area contributed by atoms with Crippen molar-refractivity contribution in [3.8, 4) is 0 Å². The molecule has 0 unspecified atom stereocenters. The van der Waals surface area contributed by atoms with Crippen LogP contribution in [0.2, 0.25) is 0 Å². The molecule has 1 aromatic carbocycles. The van der Waals surface area contributed by atoms with Gasteiger partial charge in [-0.25, -0.2) is 9.59 Å². The molecule has 2 amide bonds. The van der Waals surface area contributed by atoms with Crippen LogP contribution < -0.4 is 5.32 Å². The van der Waals surface area contributed by atoms with Gasteiger partial charge in [0.1, 0.15) is 6.04 Å². The van der Waals surface area contributed by atoms with E-state index in [0.717, 1.165) is 10.5 Å². The fraction of sp³-hybridized carbons (Fsp3) is 0.429. The van der Waals surface area contributed by atoms with Crippen LogP contribution in [0.25, 0.3) is 0 Å². The first-order chi connectivity index (χ1) is 9.47. The number of nitrogens with one attached hydrogen (secondary N) is 1. The molecule has 0 aliphatic carbocycles. The first-order valence-electron chi connectivity index (χ1n) is 6.35. The van der Waals surface area contributed by atoms with Crippen LogP contribution in [0.3, 0.4) is 0 Å². The number of nitrogens with zero attached hydrogens (tertiary/aromatic N) is 1. The Morgan fingerprint density at radius 1 is 1.45 bits per heavy atom. The van der Waals surface area contributed by atoms with Gasteiger partial charge in [-0.1, -0.05) is 19.1 Å². The van der Waals surface area contributed by atoms with Crippen molar-refractivity contribution in [3.05, 3.63) is 29.8 Å². The lowest BCUT2D eigenvalue weighted by Crippen LogP contribution is -2.46. The molecule has 2 N–H and O–H groups in total. The van der Waals surface area contributed by atoms with E-state index in [0.29, 0.717) is 13.0 Å². The number of carboxylic acids is 1. The zero-order chi connectivity index (χ0) is 15.1. The van der Waals surface area contributed by atoms with Gasteiger partial charge in [0.15, 0.2) is 0 Å². The molecule has 0 aromatic heterocycles. The van der Waals surface area contributed by atoms with Crippen molar-refractivity contribution in [1.82, 2.24) is 10.2 Å². The highest BCUT2D eigenvalue weighted by atomic mass is 32.2. The third kappa shape index (κ3) is 4.77. The molecule has 1 rings (SSSR count). The second kappa shape index (κ2) is 7.79. The third-order valence-corrected chi connectivity index (χ3v) is 3.63. The molecule has 5 nitrogen and oxygen atoms in total. The summed E-state index contributed by atoms with van der Waals surface area (Å²) >= 11 is 1.64. The first-order valence-corrected chi connectivity index (χ1v) is 7.57. The van der Waals surface area contributed by atoms with Gasteiger partial charge in [-0.3, -0.25) is 0 Å². The van der Waals surface area contributed by atoms with Gasteiger partial charge in [-0.15, -0.1) is 11.8 Å². The van der Waals surface area contributed by atoms with Crippen LogP contribution in [0.15, 0.2) is 29.2 Å². The van der Waals surface area contributed by atoms with E-state index >= 15 is 0 Å². The largest absolute Gasteiger partial charge is 0.480 e. The van der Waals surface area contributed by atoms with Crippen molar-refractivity contribution in [2.24, 2.45) is 0 Å². The predicted molar refractivity (Wildman–Crippen MR) is 79.9 cm³/mol. The lowest BCUT2D eigenvalue weighted by Gasteiger charge is -2.21. The molecular weight excluding hydrogens is 276 g/mol. The molecule has 0 aliphatic heterocycles. The summed E-state index contributed by atoms with van der Waals surface area (Å²) in [5.41, 5.74) is 1.01. The summed E-state index contributed by atoms with van der Waals surface area (Å²) < 4.78 is 0. The SMILES string of the molecule is CC[C@H](NC(=O)N(C)Cc1cccc(SC)c1)C(=O)O. The van der Waals surface area contributed by atoms with Gasteiger partial charge >= 0.3 is 12.0 Å². The van der Waals surface area contributed by atoms with Crippen molar-refractivity contribution in [3.63, 3.8) is 0 Å². The van der Waals surface area contributed by atoms with Crippen LogP contribution in [0.4, 0.5) is 4.79 Å². The predicted octanol–water partition coefficient (Wildman–Crippen LogP) is 2.41. The van der Waals surface area contributed by atoms with E-state index in [1.807, 2.05) is 30.5 Å². The second-order valence-electron chi connectivity index (χ2n) is 4.46. The van der Waals surface area contributed by atoms with E-state index in [1.54, 1.807) is 25.7 Å². The van der Waals surface area contributed by atoms with Crippen molar-refractivity contribution in [1.29, 1.82) is 0 Å². The molecule has 0 radical (unpaired) electrons. The third-order valence-electron chi connectivity index (χ3n) is 2.90. The molecule has 0 heterocycles. The van der Waals surface area contributed by atoms with Gasteiger partial charge in [0, 0.05) is 18.5 Å². The molecular formula is C14H20N2O3S. The molecule has 1 atom stereocenters. The zero-order valence-corrected chi connectivity index (χ0v) is 12.7. The van der Waals surface area contributed by atoms with E-state index in [2.05, 4.69) is 5.32 Å². The number of hydrogen-bond donors (Lipinski definition) is 2. The number of thioether (sulfide) groups is 1. The smallest absolute Gasteiger partial charge is 0.326 e. The fourth-order valence-corrected chi connectivity index (χ4v) is 2.20. The quantitative estimate of drug-likeness (QED) is 0.791. The molecule has 0 bridgehead atoms. The monoisotopic (exact) mass is 296 g/mol. The van der Waals surface area contributed by atoms with Gasteiger partial charge in [-0.2, -0.15) is 0 Å². The Hall–Kier alpha value is -1.69. The topological polar surface area (TPSA) is 69.6 Å². The Morgan fingerprint density at radius 3 is 2.70 bits per heavy atom. The number of carbonyl (C=O) groups is 2. The van der Waals surface area contributed by atoms with Crippen LogP contribution in [0.5, 0.6) is 0 Å². The summed E-state index contributed by atoms with van der Waals surface area (Å²) in [6, 6.07) is 6.68. The second-order valence-corrected chi connectivity index (χ2v) is 5.34. The maximum Gasteiger partial charge on any atom is 0.326 e. The van der Waals surface area contributed by atoms with Gasteiger partial charge in [-0.05, 0) is 30.4 Å². The van der Waals surface area contributed by atoms with E-state index in [9.17, 15) is 9.59 Å². The van der Waals surface area contributed by atoms with Crippen LogP contribution in [0.1, 0.15) is 18.9 Å². The molecule has 0 saturated carbocycles. The summed E-state index contributed by atoms with van der Waals surface area (Å²) in [5.74, 6) is -1.02. The van der Waals surface area contributed by atoms with Crippen molar-refractivity contribution >= 4 is 23.8 Å². The summed E-state index contributed by atoms with van der Waals surface area (Å²) in [5, 5.41) is 11.4. The maximum absolute atomic E-state index is 11.9. The first kappa shape index (κ1) is 16.4. The van der Waals surface area contributed by atoms with E-state index in [4.69, 9.17) is 5.11 Å². The molecule has 0 aliphatic rings. The van der Waals surface area contributed by atoms with Gasteiger partial charge in [0.25, 0.3) is 0 Å². The van der Waals surface area contributed by atoms with E-state index in [-0.39, 0.29) is 6.03 Å². The number of aliphatic carboxylic acids is 1.